The molecular weight excluding hydrogens is 432 g/mol. The van der Waals surface area contributed by atoms with Crippen LogP contribution in [0.15, 0.2) is 76.5 Å². The number of aromatic nitrogens is 1. The fourth-order valence-electron chi connectivity index (χ4n) is 3.82. The SMILES string of the molecule is COc1ccc(CCN=Cc2c(O)n(-c3ccc(OC)cc3OC)c(=O)c3ccccc23)cc1. The Balaban J connectivity index is 1.75. The molecule has 34 heavy (non-hydrogen) atoms. The number of benzene rings is 3. The molecule has 3 aromatic carbocycles. The Morgan fingerprint density at radius 1 is 0.882 bits per heavy atom. The third-order valence-corrected chi connectivity index (χ3v) is 5.64. The predicted molar refractivity (Wildman–Crippen MR) is 133 cm³/mol. The molecule has 0 saturated carbocycles. The number of aliphatic imine (C=N–C) groups is 1. The van der Waals surface area contributed by atoms with Crippen LogP contribution in [0.5, 0.6) is 23.1 Å². The van der Waals surface area contributed by atoms with Gasteiger partial charge >= 0.3 is 0 Å². The van der Waals surface area contributed by atoms with E-state index in [9.17, 15) is 9.90 Å². The zero-order chi connectivity index (χ0) is 24.1. The van der Waals surface area contributed by atoms with Gasteiger partial charge in [-0.05, 0) is 42.3 Å². The van der Waals surface area contributed by atoms with Crippen molar-refractivity contribution in [2.24, 2.45) is 4.99 Å². The standard InChI is InChI=1S/C27H26N2O5/c1-32-19-10-8-18(9-11-19)14-15-28-17-23-21-6-4-5-7-22(21)26(30)29(27(23)31)24-13-12-20(33-2)16-25(24)34-3/h4-13,16-17,31H,14-15H2,1-3H3. The summed E-state index contributed by atoms with van der Waals surface area (Å²) < 4.78 is 17.2. The minimum Gasteiger partial charge on any atom is -0.497 e. The van der Waals surface area contributed by atoms with Gasteiger partial charge < -0.3 is 19.3 Å². The van der Waals surface area contributed by atoms with Gasteiger partial charge in [-0.2, -0.15) is 0 Å². The van der Waals surface area contributed by atoms with Crippen molar-refractivity contribution in [2.45, 2.75) is 6.42 Å². The first-order chi connectivity index (χ1) is 16.6. The molecule has 0 fully saturated rings. The van der Waals surface area contributed by atoms with Crippen molar-refractivity contribution in [1.29, 1.82) is 0 Å². The Labute approximate surface area is 197 Å². The van der Waals surface area contributed by atoms with Gasteiger partial charge in [-0.15, -0.1) is 0 Å². The molecule has 1 heterocycles. The van der Waals surface area contributed by atoms with Gasteiger partial charge in [-0.3, -0.25) is 9.79 Å². The second-order valence-electron chi connectivity index (χ2n) is 7.59. The van der Waals surface area contributed by atoms with Gasteiger partial charge in [-0.25, -0.2) is 4.57 Å². The second-order valence-corrected chi connectivity index (χ2v) is 7.59. The normalized spacial score (nSPS) is 11.1. The number of pyridine rings is 1. The number of methoxy groups -OCH3 is 3. The molecule has 0 radical (unpaired) electrons. The lowest BCUT2D eigenvalue weighted by Crippen LogP contribution is -2.20. The van der Waals surface area contributed by atoms with Crippen LogP contribution < -0.4 is 19.8 Å². The molecule has 0 unspecified atom stereocenters. The summed E-state index contributed by atoms with van der Waals surface area (Å²) in [6.45, 7) is 0.519. The van der Waals surface area contributed by atoms with E-state index in [4.69, 9.17) is 14.2 Å². The largest absolute Gasteiger partial charge is 0.497 e. The Morgan fingerprint density at radius 3 is 2.24 bits per heavy atom. The van der Waals surface area contributed by atoms with Gasteiger partial charge in [0.1, 0.15) is 17.2 Å². The van der Waals surface area contributed by atoms with E-state index in [1.807, 2.05) is 30.3 Å². The van der Waals surface area contributed by atoms with E-state index in [1.165, 1.54) is 11.7 Å². The van der Waals surface area contributed by atoms with E-state index in [0.717, 1.165) is 17.7 Å². The smallest absolute Gasteiger partial charge is 0.265 e. The minimum atomic E-state index is -0.355. The van der Waals surface area contributed by atoms with Crippen LogP contribution in [0.4, 0.5) is 0 Å². The fraction of sp³-hybridized carbons (Fsp3) is 0.185. The Hall–Kier alpha value is -4.26. The zero-order valence-electron chi connectivity index (χ0n) is 19.3. The molecule has 174 valence electrons. The maximum Gasteiger partial charge on any atom is 0.265 e. The average Bonchev–Trinajstić information content (AvgIpc) is 2.88. The molecular formula is C27H26N2O5. The number of fused-ring (bicyclic) bond motifs is 1. The van der Waals surface area contributed by atoms with Gasteiger partial charge in [-0.1, -0.05) is 30.3 Å². The number of aromatic hydroxyl groups is 1. The highest BCUT2D eigenvalue weighted by Crippen LogP contribution is 2.32. The van der Waals surface area contributed by atoms with Gasteiger partial charge in [0.05, 0.1) is 32.6 Å². The summed E-state index contributed by atoms with van der Waals surface area (Å²) in [7, 11) is 4.69. The highest BCUT2D eigenvalue weighted by Gasteiger charge is 2.19. The molecule has 0 aliphatic heterocycles. The summed E-state index contributed by atoms with van der Waals surface area (Å²) in [4.78, 5) is 17.9. The van der Waals surface area contributed by atoms with E-state index in [1.54, 1.807) is 56.8 Å². The number of hydrogen-bond donors (Lipinski definition) is 1. The van der Waals surface area contributed by atoms with Gasteiger partial charge in [0.2, 0.25) is 5.88 Å². The van der Waals surface area contributed by atoms with E-state index in [0.29, 0.717) is 40.1 Å². The fourth-order valence-corrected chi connectivity index (χ4v) is 3.82. The first-order valence-corrected chi connectivity index (χ1v) is 10.8. The maximum absolute atomic E-state index is 13.4. The van der Waals surface area contributed by atoms with Gasteiger partial charge in [0.25, 0.3) is 5.56 Å². The molecule has 0 saturated heterocycles. The van der Waals surface area contributed by atoms with Crippen LogP contribution in [0.25, 0.3) is 16.5 Å². The van der Waals surface area contributed by atoms with Crippen molar-refractivity contribution in [1.82, 2.24) is 4.57 Å². The first-order valence-electron chi connectivity index (χ1n) is 10.8. The van der Waals surface area contributed by atoms with Crippen LogP contribution in [0, 0.1) is 0 Å². The number of rotatable bonds is 8. The molecule has 7 nitrogen and oxygen atoms in total. The van der Waals surface area contributed by atoms with Crippen LogP contribution >= 0.6 is 0 Å². The van der Waals surface area contributed by atoms with Crippen molar-refractivity contribution in [3.63, 3.8) is 0 Å². The van der Waals surface area contributed by atoms with Crippen LogP contribution in [0.3, 0.4) is 0 Å². The molecule has 4 rings (SSSR count). The molecule has 0 spiro atoms. The lowest BCUT2D eigenvalue weighted by atomic mass is 10.1. The molecule has 0 atom stereocenters. The second kappa shape index (κ2) is 10.1. The first kappa shape index (κ1) is 22.9. The molecule has 7 heteroatoms. The lowest BCUT2D eigenvalue weighted by molar-refractivity contribution is 0.389. The van der Waals surface area contributed by atoms with Crippen LogP contribution in [0.2, 0.25) is 0 Å². The lowest BCUT2D eigenvalue weighted by Gasteiger charge is -2.16. The highest BCUT2D eigenvalue weighted by molar-refractivity contribution is 6.01. The van der Waals surface area contributed by atoms with Crippen molar-refractivity contribution in [3.05, 3.63) is 88.2 Å². The van der Waals surface area contributed by atoms with Crippen LogP contribution in [-0.2, 0) is 6.42 Å². The summed E-state index contributed by atoms with van der Waals surface area (Å²) in [5, 5.41) is 12.3. The molecule has 4 aromatic rings. The number of ether oxygens (including phenoxy) is 3. The van der Waals surface area contributed by atoms with Crippen molar-refractivity contribution < 1.29 is 19.3 Å². The van der Waals surface area contributed by atoms with Crippen LogP contribution in [0.1, 0.15) is 11.1 Å². The summed E-state index contributed by atoms with van der Waals surface area (Å²) in [6.07, 6.45) is 2.35. The van der Waals surface area contributed by atoms with E-state index < -0.39 is 0 Å². The molecule has 0 amide bonds. The maximum atomic E-state index is 13.4. The highest BCUT2D eigenvalue weighted by atomic mass is 16.5. The van der Waals surface area contributed by atoms with Crippen LogP contribution in [-0.4, -0.2) is 43.8 Å². The number of nitrogens with zero attached hydrogens (tertiary/aromatic N) is 2. The van der Waals surface area contributed by atoms with Gasteiger partial charge in [0, 0.05) is 29.6 Å². The summed E-state index contributed by atoms with van der Waals surface area (Å²) in [5.74, 6) is 1.57. The van der Waals surface area contributed by atoms with E-state index in [2.05, 4.69) is 4.99 Å². The summed E-state index contributed by atoms with van der Waals surface area (Å²) in [5.41, 5.74) is 1.64. The molecule has 0 bridgehead atoms. The van der Waals surface area contributed by atoms with Crippen molar-refractivity contribution >= 4 is 17.0 Å². The van der Waals surface area contributed by atoms with E-state index >= 15 is 0 Å². The average molecular weight is 459 g/mol. The van der Waals surface area contributed by atoms with Crippen molar-refractivity contribution in [2.75, 3.05) is 27.9 Å². The molecule has 1 N–H and O–H groups in total. The zero-order valence-corrected chi connectivity index (χ0v) is 19.3. The Morgan fingerprint density at radius 2 is 1.56 bits per heavy atom. The molecule has 0 aliphatic rings. The minimum absolute atomic E-state index is 0.208. The van der Waals surface area contributed by atoms with Crippen molar-refractivity contribution in [3.8, 4) is 28.8 Å². The summed E-state index contributed by atoms with van der Waals surface area (Å²) >= 11 is 0. The van der Waals surface area contributed by atoms with Gasteiger partial charge in [0.15, 0.2) is 0 Å². The quantitative estimate of drug-likeness (QED) is 0.396. The third-order valence-electron chi connectivity index (χ3n) is 5.64. The Bertz CT molecular complexity index is 1390. The molecule has 0 aliphatic carbocycles. The summed E-state index contributed by atoms with van der Waals surface area (Å²) in [6, 6.07) is 20.0. The topological polar surface area (TPSA) is 82.3 Å². The third kappa shape index (κ3) is 4.45. The monoisotopic (exact) mass is 458 g/mol. The molecule has 1 aromatic heterocycles. The predicted octanol–water partition coefficient (Wildman–Crippen LogP) is 4.38. The Kier molecular flexibility index (Phi) is 6.82. The van der Waals surface area contributed by atoms with E-state index in [-0.39, 0.29) is 11.4 Å². The number of hydrogen-bond acceptors (Lipinski definition) is 6.